The number of esters is 1. The first-order chi connectivity index (χ1) is 8.93. The van der Waals surface area contributed by atoms with Gasteiger partial charge in [-0.05, 0) is 26.0 Å². The summed E-state index contributed by atoms with van der Waals surface area (Å²) in [5.74, 6) is -1.08. The lowest BCUT2D eigenvalue weighted by atomic mass is 10.2. The molecule has 104 valence electrons. The number of hydrogen-bond donors (Lipinski definition) is 1. The lowest BCUT2D eigenvalue weighted by Gasteiger charge is -2.14. The molecule has 19 heavy (non-hydrogen) atoms. The number of hydrogen-bond acceptors (Lipinski definition) is 5. The summed E-state index contributed by atoms with van der Waals surface area (Å²) in [6, 6.07) is 2.87. The first kappa shape index (κ1) is 14.9. The highest BCUT2D eigenvalue weighted by molar-refractivity contribution is 5.71. The van der Waals surface area contributed by atoms with E-state index in [-0.39, 0.29) is 30.4 Å². The third kappa shape index (κ3) is 4.53. The summed E-state index contributed by atoms with van der Waals surface area (Å²) < 4.78 is 17.7. The number of anilines is 1. The van der Waals surface area contributed by atoms with Gasteiger partial charge in [-0.2, -0.15) is 0 Å². The summed E-state index contributed by atoms with van der Waals surface area (Å²) in [4.78, 5) is 21.4. The number of halogens is 1. The predicted molar refractivity (Wildman–Crippen MR) is 67.4 cm³/mol. The van der Waals surface area contributed by atoms with E-state index in [1.165, 1.54) is 6.07 Å². The van der Waals surface area contributed by atoms with Crippen molar-refractivity contribution in [2.75, 3.05) is 11.9 Å². The Morgan fingerprint density at radius 3 is 2.84 bits per heavy atom. The Labute approximate surface area is 109 Å². The molecule has 0 saturated carbocycles. The fraction of sp³-hybridized carbons (Fsp3) is 0.417. The van der Waals surface area contributed by atoms with Gasteiger partial charge in [0.2, 0.25) is 0 Å². The standard InChI is InChI=1S/C12H15FN2O4/c1-3-19-12(16)6-8(2)14-10-5-4-9(13)7-11(10)15(17)18/h4-5,7-8,14H,3,6H2,1-2H3. The number of nitrogens with zero attached hydrogens (tertiary/aromatic N) is 1. The normalized spacial score (nSPS) is 11.7. The van der Waals surface area contributed by atoms with Crippen LogP contribution in [0.2, 0.25) is 0 Å². The van der Waals surface area contributed by atoms with E-state index < -0.39 is 16.7 Å². The van der Waals surface area contributed by atoms with E-state index in [2.05, 4.69) is 5.32 Å². The van der Waals surface area contributed by atoms with Crippen LogP contribution < -0.4 is 5.32 Å². The molecule has 6 nitrogen and oxygen atoms in total. The topological polar surface area (TPSA) is 81.5 Å². The smallest absolute Gasteiger partial charge is 0.307 e. The molecule has 0 bridgehead atoms. The maximum Gasteiger partial charge on any atom is 0.307 e. The predicted octanol–water partition coefficient (Wildman–Crippen LogP) is 2.49. The first-order valence-electron chi connectivity index (χ1n) is 5.80. The average Bonchev–Trinajstić information content (AvgIpc) is 2.31. The Bertz CT molecular complexity index is 479. The molecular formula is C12H15FN2O4. The van der Waals surface area contributed by atoms with Crippen LogP contribution in [0.15, 0.2) is 18.2 Å². The molecule has 0 amide bonds. The van der Waals surface area contributed by atoms with Crippen LogP contribution in [0.4, 0.5) is 15.8 Å². The SMILES string of the molecule is CCOC(=O)CC(C)Nc1ccc(F)cc1[N+](=O)[O-]. The number of rotatable bonds is 6. The van der Waals surface area contributed by atoms with Gasteiger partial charge in [-0.3, -0.25) is 14.9 Å². The van der Waals surface area contributed by atoms with Crippen molar-refractivity contribution in [3.8, 4) is 0 Å². The first-order valence-corrected chi connectivity index (χ1v) is 5.80. The third-order valence-corrected chi connectivity index (χ3v) is 2.34. The zero-order valence-electron chi connectivity index (χ0n) is 10.7. The van der Waals surface area contributed by atoms with Crippen molar-refractivity contribution in [1.29, 1.82) is 0 Å². The van der Waals surface area contributed by atoms with Crippen LogP contribution in [0, 0.1) is 15.9 Å². The molecule has 0 aliphatic carbocycles. The zero-order chi connectivity index (χ0) is 14.4. The Hall–Kier alpha value is -2.18. The summed E-state index contributed by atoms with van der Waals surface area (Å²) in [5.41, 5.74) is -0.195. The van der Waals surface area contributed by atoms with Crippen LogP contribution in [0.1, 0.15) is 20.3 Å². The molecule has 0 aliphatic rings. The second-order valence-electron chi connectivity index (χ2n) is 3.97. The van der Waals surface area contributed by atoms with E-state index in [0.717, 1.165) is 12.1 Å². The molecule has 7 heteroatoms. The fourth-order valence-electron chi connectivity index (χ4n) is 1.56. The Morgan fingerprint density at radius 1 is 1.58 bits per heavy atom. The molecule has 1 aromatic carbocycles. The lowest BCUT2D eigenvalue weighted by Crippen LogP contribution is -2.21. The van der Waals surface area contributed by atoms with E-state index in [1.807, 2.05) is 0 Å². The van der Waals surface area contributed by atoms with E-state index in [9.17, 15) is 19.3 Å². The van der Waals surface area contributed by atoms with Gasteiger partial charge in [0.15, 0.2) is 0 Å². The fourth-order valence-corrected chi connectivity index (χ4v) is 1.56. The Balaban J connectivity index is 2.76. The van der Waals surface area contributed by atoms with Gasteiger partial charge in [-0.25, -0.2) is 4.39 Å². The van der Waals surface area contributed by atoms with Gasteiger partial charge in [0.05, 0.1) is 24.0 Å². The molecular weight excluding hydrogens is 255 g/mol. The largest absolute Gasteiger partial charge is 0.466 e. The third-order valence-electron chi connectivity index (χ3n) is 2.34. The van der Waals surface area contributed by atoms with Crippen LogP contribution in [0.5, 0.6) is 0 Å². The number of nitro groups is 1. The molecule has 1 rings (SSSR count). The maximum atomic E-state index is 12.9. The van der Waals surface area contributed by atoms with Gasteiger partial charge in [-0.1, -0.05) is 0 Å². The van der Waals surface area contributed by atoms with Crippen molar-refractivity contribution in [3.63, 3.8) is 0 Å². The van der Waals surface area contributed by atoms with Crippen LogP contribution in [0.25, 0.3) is 0 Å². The van der Waals surface area contributed by atoms with Crippen molar-refractivity contribution in [2.24, 2.45) is 0 Å². The lowest BCUT2D eigenvalue weighted by molar-refractivity contribution is -0.384. The number of carbonyl (C=O) groups excluding carboxylic acids is 1. The molecule has 0 heterocycles. The highest BCUT2D eigenvalue weighted by Crippen LogP contribution is 2.25. The molecule has 1 N–H and O–H groups in total. The molecule has 1 atom stereocenters. The van der Waals surface area contributed by atoms with Gasteiger partial charge in [0.25, 0.3) is 5.69 Å². The van der Waals surface area contributed by atoms with Crippen LogP contribution in [-0.2, 0) is 9.53 Å². The zero-order valence-corrected chi connectivity index (χ0v) is 10.7. The number of nitro benzene ring substituents is 1. The molecule has 1 unspecified atom stereocenters. The van der Waals surface area contributed by atoms with Gasteiger partial charge >= 0.3 is 5.97 Å². The second kappa shape index (κ2) is 6.67. The molecule has 0 spiro atoms. The summed E-state index contributed by atoms with van der Waals surface area (Å²) in [7, 11) is 0. The highest BCUT2D eigenvalue weighted by atomic mass is 19.1. The number of benzene rings is 1. The maximum absolute atomic E-state index is 12.9. The van der Waals surface area contributed by atoms with Crippen molar-refractivity contribution in [2.45, 2.75) is 26.3 Å². The van der Waals surface area contributed by atoms with Crippen molar-refractivity contribution in [3.05, 3.63) is 34.1 Å². The average molecular weight is 270 g/mol. The van der Waals surface area contributed by atoms with E-state index >= 15 is 0 Å². The molecule has 0 radical (unpaired) electrons. The van der Waals surface area contributed by atoms with Gasteiger partial charge in [0, 0.05) is 6.04 Å². The minimum absolute atomic E-state index is 0.0718. The summed E-state index contributed by atoms with van der Waals surface area (Å²) >= 11 is 0. The van der Waals surface area contributed by atoms with E-state index in [4.69, 9.17) is 4.74 Å². The molecule has 1 aromatic rings. The monoisotopic (exact) mass is 270 g/mol. The molecule has 0 saturated heterocycles. The van der Waals surface area contributed by atoms with Gasteiger partial charge in [-0.15, -0.1) is 0 Å². The van der Waals surface area contributed by atoms with Crippen LogP contribution in [0.3, 0.4) is 0 Å². The summed E-state index contributed by atoms with van der Waals surface area (Å²) in [5, 5.41) is 13.6. The Morgan fingerprint density at radius 2 is 2.26 bits per heavy atom. The van der Waals surface area contributed by atoms with E-state index in [0.29, 0.717) is 0 Å². The summed E-state index contributed by atoms with van der Waals surface area (Å²) in [6.45, 7) is 3.66. The molecule has 0 aromatic heterocycles. The van der Waals surface area contributed by atoms with Crippen LogP contribution >= 0.6 is 0 Å². The highest BCUT2D eigenvalue weighted by Gasteiger charge is 2.18. The molecule has 0 fully saturated rings. The van der Waals surface area contributed by atoms with E-state index in [1.54, 1.807) is 13.8 Å². The van der Waals surface area contributed by atoms with Crippen molar-refractivity contribution < 1.29 is 18.8 Å². The number of nitrogens with one attached hydrogen (secondary N) is 1. The van der Waals surface area contributed by atoms with Gasteiger partial charge in [0.1, 0.15) is 11.5 Å². The van der Waals surface area contributed by atoms with Crippen molar-refractivity contribution in [1.82, 2.24) is 0 Å². The second-order valence-corrected chi connectivity index (χ2v) is 3.97. The number of ether oxygens (including phenoxy) is 1. The quantitative estimate of drug-likeness (QED) is 0.488. The summed E-state index contributed by atoms with van der Waals surface area (Å²) in [6.07, 6.45) is 0.0718. The van der Waals surface area contributed by atoms with Gasteiger partial charge < -0.3 is 10.1 Å². The minimum atomic E-state index is -0.685. The van der Waals surface area contributed by atoms with Crippen molar-refractivity contribution >= 4 is 17.3 Å². The molecule has 0 aliphatic heterocycles. The van der Waals surface area contributed by atoms with Crippen LogP contribution in [-0.4, -0.2) is 23.5 Å². The minimum Gasteiger partial charge on any atom is -0.466 e. The number of carbonyl (C=O) groups is 1. The Kier molecular flexibility index (Phi) is 5.23.